The Morgan fingerprint density at radius 1 is 1.15 bits per heavy atom. The monoisotopic (exact) mass is 272 g/mol. The van der Waals surface area contributed by atoms with Gasteiger partial charge in [-0.25, -0.2) is 4.39 Å². The van der Waals surface area contributed by atoms with Crippen molar-refractivity contribution in [3.8, 4) is 0 Å². The molecule has 4 heteroatoms. The Morgan fingerprint density at radius 3 is 2.55 bits per heavy atom. The maximum absolute atomic E-state index is 13.7. The Morgan fingerprint density at radius 2 is 1.90 bits per heavy atom. The molecule has 0 bridgehead atoms. The first-order valence-corrected chi connectivity index (χ1v) is 6.36. The Labute approximate surface area is 117 Å². The maximum Gasteiger partial charge on any atom is 0.248 e. The molecular formula is C16H17FN2O. The van der Waals surface area contributed by atoms with Gasteiger partial charge in [0.2, 0.25) is 5.91 Å². The van der Waals surface area contributed by atoms with Crippen LogP contribution in [0.2, 0.25) is 0 Å². The summed E-state index contributed by atoms with van der Waals surface area (Å²) in [6.45, 7) is 4.36. The van der Waals surface area contributed by atoms with E-state index in [4.69, 9.17) is 5.73 Å². The largest absolute Gasteiger partial charge is 0.381 e. The molecule has 0 unspecified atom stereocenters. The Hall–Kier alpha value is -2.36. The molecule has 0 aliphatic rings. The first kappa shape index (κ1) is 14.1. The van der Waals surface area contributed by atoms with Gasteiger partial charge in [0.05, 0.1) is 0 Å². The van der Waals surface area contributed by atoms with Crippen LogP contribution in [0.3, 0.4) is 0 Å². The van der Waals surface area contributed by atoms with Crippen LogP contribution in [0.5, 0.6) is 0 Å². The summed E-state index contributed by atoms with van der Waals surface area (Å²) in [7, 11) is 0. The number of primary amides is 1. The fourth-order valence-electron chi connectivity index (χ4n) is 1.91. The molecule has 1 amide bonds. The molecule has 2 aromatic rings. The summed E-state index contributed by atoms with van der Waals surface area (Å²) in [6, 6.07) is 10.1. The molecule has 0 saturated heterocycles. The average molecular weight is 272 g/mol. The van der Waals surface area contributed by atoms with Gasteiger partial charge in [-0.1, -0.05) is 6.07 Å². The van der Waals surface area contributed by atoms with Crippen LogP contribution in [0.15, 0.2) is 36.4 Å². The van der Waals surface area contributed by atoms with E-state index in [2.05, 4.69) is 5.32 Å². The number of amides is 1. The van der Waals surface area contributed by atoms with Gasteiger partial charge in [-0.2, -0.15) is 0 Å². The Kier molecular flexibility index (Phi) is 4.03. The molecule has 0 heterocycles. The molecule has 2 aromatic carbocycles. The van der Waals surface area contributed by atoms with Gasteiger partial charge in [-0.15, -0.1) is 0 Å². The van der Waals surface area contributed by atoms with Gasteiger partial charge in [-0.05, 0) is 55.3 Å². The third kappa shape index (κ3) is 3.15. The number of hydrogen-bond donors (Lipinski definition) is 2. The van der Waals surface area contributed by atoms with E-state index in [0.29, 0.717) is 17.7 Å². The van der Waals surface area contributed by atoms with E-state index in [1.807, 2.05) is 32.0 Å². The molecule has 3 N–H and O–H groups in total. The van der Waals surface area contributed by atoms with Crippen LogP contribution in [-0.4, -0.2) is 5.91 Å². The molecule has 0 spiro atoms. The van der Waals surface area contributed by atoms with Crippen LogP contribution in [0, 0.1) is 19.7 Å². The fraction of sp³-hybridized carbons (Fsp3) is 0.188. The molecule has 0 aromatic heterocycles. The van der Waals surface area contributed by atoms with Gasteiger partial charge in [0.15, 0.2) is 0 Å². The van der Waals surface area contributed by atoms with Crippen LogP contribution in [0.25, 0.3) is 0 Å². The lowest BCUT2D eigenvalue weighted by atomic mass is 10.1. The molecule has 0 aliphatic carbocycles. The fourth-order valence-corrected chi connectivity index (χ4v) is 1.91. The number of hydrogen-bond acceptors (Lipinski definition) is 2. The van der Waals surface area contributed by atoms with Crippen molar-refractivity contribution in [2.24, 2.45) is 5.73 Å². The first-order valence-electron chi connectivity index (χ1n) is 6.36. The topological polar surface area (TPSA) is 55.1 Å². The first-order chi connectivity index (χ1) is 9.47. The van der Waals surface area contributed by atoms with Gasteiger partial charge >= 0.3 is 0 Å². The SMILES string of the molecule is Cc1ccc(NCc2cc(C(N)=O)ccc2F)cc1C. The van der Waals surface area contributed by atoms with Crippen molar-refractivity contribution in [2.45, 2.75) is 20.4 Å². The number of rotatable bonds is 4. The lowest BCUT2D eigenvalue weighted by Gasteiger charge is -2.10. The minimum atomic E-state index is -0.558. The number of nitrogens with one attached hydrogen (secondary N) is 1. The minimum absolute atomic E-state index is 0.301. The summed E-state index contributed by atoms with van der Waals surface area (Å²) in [6.07, 6.45) is 0. The summed E-state index contributed by atoms with van der Waals surface area (Å²) in [5.41, 5.74) is 9.21. The molecule has 0 saturated carbocycles. The van der Waals surface area contributed by atoms with Gasteiger partial charge in [0.1, 0.15) is 5.82 Å². The highest BCUT2D eigenvalue weighted by Gasteiger charge is 2.07. The summed E-state index contributed by atoms with van der Waals surface area (Å²) in [4.78, 5) is 11.1. The zero-order valence-corrected chi connectivity index (χ0v) is 11.5. The lowest BCUT2D eigenvalue weighted by Crippen LogP contribution is -2.12. The number of nitrogens with two attached hydrogens (primary N) is 1. The summed E-state index contributed by atoms with van der Waals surface area (Å²) < 4.78 is 13.7. The van der Waals surface area contributed by atoms with E-state index in [1.54, 1.807) is 0 Å². The molecule has 0 fully saturated rings. The van der Waals surface area contributed by atoms with Crippen LogP contribution in [-0.2, 0) is 6.54 Å². The van der Waals surface area contributed by atoms with Crippen molar-refractivity contribution in [3.05, 3.63) is 64.5 Å². The Balaban J connectivity index is 2.15. The predicted octanol–water partition coefficient (Wildman–Crippen LogP) is 3.15. The second kappa shape index (κ2) is 5.74. The molecular weight excluding hydrogens is 255 g/mol. The normalized spacial score (nSPS) is 10.3. The van der Waals surface area contributed by atoms with Gasteiger partial charge in [0.25, 0.3) is 0 Å². The number of halogens is 1. The molecule has 0 atom stereocenters. The van der Waals surface area contributed by atoms with Gasteiger partial charge < -0.3 is 11.1 Å². The summed E-state index contributed by atoms with van der Waals surface area (Å²) in [5, 5.41) is 3.14. The van der Waals surface area contributed by atoms with E-state index in [9.17, 15) is 9.18 Å². The van der Waals surface area contributed by atoms with Crippen molar-refractivity contribution in [1.29, 1.82) is 0 Å². The quantitative estimate of drug-likeness (QED) is 0.898. The number of carbonyl (C=O) groups is 1. The highest BCUT2D eigenvalue weighted by Crippen LogP contribution is 2.17. The molecule has 20 heavy (non-hydrogen) atoms. The molecule has 0 radical (unpaired) electrons. The van der Waals surface area contributed by atoms with Crippen LogP contribution >= 0.6 is 0 Å². The smallest absolute Gasteiger partial charge is 0.248 e. The zero-order chi connectivity index (χ0) is 14.7. The molecule has 104 valence electrons. The molecule has 3 nitrogen and oxygen atoms in total. The van der Waals surface area contributed by atoms with E-state index in [1.165, 1.54) is 29.3 Å². The number of benzene rings is 2. The average Bonchev–Trinajstić information content (AvgIpc) is 2.41. The number of carbonyl (C=O) groups excluding carboxylic acids is 1. The third-order valence-electron chi connectivity index (χ3n) is 3.32. The number of anilines is 1. The van der Waals surface area contributed by atoms with Crippen molar-refractivity contribution < 1.29 is 9.18 Å². The van der Waals surface area contributed by atoms with Crippen molar-refractivity contribution in [1.82, 2.24) is 0 Å². The zero-order valence-electron chi connectivity index (χ0n) is 11.5. The molecule has 2 rings (SSSR count). The van der Waals surface area contributed by atoms with E-state index >= 15 is 0 Å². The highest BCUT2D eigenvalue weighted by molar-refractivity contribution is 5.92. The van der Waals surface area contributed by atoms with Gasteiger partial charge in [-0.3, -0.25) is 4.79 Å². The van der Waals surface area contributed by atoms with E-state index < -0.39 is 5.91 Å². The highest BCUT2D eigenvalue weighted by atomic mass is 19.1. The Bertz CT molecular complexity index is 653. The third-order valence-corrected chi connectivity index (χ3v) is 3.32. The maximum atomic E-state index is 13.7. The minimum Gasteiger partial charge on any atom is -0.381 e. The summed E-state index contributed by atoms with van der Waals surface area (Å²) in [5.74, 6) is -0.913. The lowest BCUT2D eigenvalue weighted by molar-refractivity contribution is 0.1000. The standard InChI is InChI=1S/C16H17FN2O/c1-10-3-5-14(7-11(10)2)19-9-13-8-12(16(18)20)4-6-15(13)17/h3-8,19H,9H2,1-2H3,(H2,18,20). The van der Waals surface area contributed by atoms with Crippen molar-refractivity contribution >= 4 is 11.6 Å². The van der Waals surface area contributed by atoms with Crippen molar-refractivity contribution in [2.75, 3.05) is 5.32 Å². The van der Waals surface area contributed by atoms with E-state index in [-0.39, 0.29) is 5.82 Å². The van der Waals surface area contributed by atoms with Crippen LogP contribution in [0.1, 0.15) is 27.0 Å². The van der Waals surface area contributed by atoms with Crippen LogP contribution in [0.4, 0.5) is 10.1 Å². The van der Waals surface area contributed by atoms with Crippen molar-refractivity contribution in [3.63, 3.8) is 0 Å². The van der Waals surface area contributed by atoms with Gasteiger partial charge in [0, 0.05) is 23.4 Å². The van der Waals surface area contributed by atoms with Crippen LogP contribution < -0.4 is 11.1 Å². The molecule has 0 aliphatic heterocycles. The summed E-state index contributed by atoms with van der Waals surface area (Å²) >= 11 is 0. The second-order valence-corrected chi connectivity index (χ2v) is 4.82. The predicted molar refractivity (Wildman–Crippen MR) is 78.2 cm³/mol. The van der Waals surface area contributed by atoms with E-state index in [0.717, 1.165) is 5.69 Å². The number of aryl methyl sites for hydroxylation is 2. The second-order valence-electron chi connectivity index (χ2n) is 4.82.